The predicted octanol–water partition coefficient (Wildman–Crippen LogP) is 8.41. The van der Waals surface area contributed by atoms with E-state index in [1.54, 1.807) is 19.9 Å². The van der Waals surface area contributed by atoms with Crippen molar-refractivity contribution in [2.24, 2.45) is 5.41 Å². The molecule has 0 aliphatic carbocycles. The SMILES string of the molecule is CC(C)(C[C@@H]1N2[C@@H](C(=O)OC2(C)C)[C@H](c2cccc(Cl)c2F)[C@@]1(C#N)c1ccc(Cl)cc1F)C1=CCN(Cc2ccccc2)CC1. The van der Waals surface area contributed by atoms with Gasteiger partial charge in [0.1, 0.15) is 23.1 Å². The molecule has 240 valence electrons. The molecule has 3 heterocycles. The zero-order valence-corrected chi connectivity index (χ0v) is 27.9. The molecule has 6 rings (SSSR count). The van der Waals surface area contributed by atoms with Gasteiger partial charge in [-0.05, 0) is 61.4 Å². The van der Waals surface area contributed by atoms with Crippen LogP contribution in [-0.2, 0) is 21.5 Å². The van der Waals surface area contributed by atoms with Gasteiger partial charge in [-0.1, -0.05) is 97.2 Å². The number of halogens is 4. The molecule has 0 N–H and O–H groups in total. The average molecular weight is 665 g/mol. The van der Waals surface area contributed by atoms with E-state index in [0.717, 1.165) is 26.1 Å². The summed E-state index contributed by atoms with van der Waals surface area (Å²) in [5.41, 5.74) is -0.713. The fourth-order valence-corrected chi connectivity index (χ4v) is 8.43. The maximum Gasteiger partial charge on any atom is 0.325 e. The summed E-state index contributed by atoms with van der Waals surface area (Å²) < 4.78 is 38.1. The van der Waals surface area contributed by atoms with Crippen LogP contribution in [0, 0.1) is 28.4 Å². The van der Waals surface area contributed by atoms with Crippen molar-refractivity contribution in [3.63, 3.8) is 0 Å². The molecule has 0 aromatic heterocycles. The van der Waals surface area contributed by atoms with E-state index in [1.165, 1.54) is 41.5 Å². The number of esters is 1. The van der Waals surface area contributed by atoms with Gasteiger partial charge in [0, 0.05) is 42.2 Å². The molecule has 0 amide bonds. The molecule has 0 spiro atoms. The minimum absolute atomic E-state index is 0.0641. The fourth-order valence-electron chi connectivity index (χ4n) is 8.09. The smallest absolute Gasteiger partial charge is 0.325 e. The van der Waals surface area contributed by atoms with Crippen molar-refractivity contribution >= 4 is 29.2 Å². The number of hydrogen-bond donors (Lipinski definition) is 0. The summed E-state index contributed by atoms with van der Waals surface area (Å²) in [6, 6.07) is 19.7. The number of hydrogen-bond acceptors (Lipinski definition) is 5. The van der Waals surface area contributed by atoms with Crippen LogP contribution in [0.4, 0.5) is 8.78 Å². The van der Waals surface area contributed by atoms with Gasteiger partial charge in [0.2, 0.25) is 0 Å². The molecule has 2 fully saturated rings. The quantitative estimate of drug-likeness (QED) is 0.188. The van der Waals surface area contributed by atoms with Crippen LogP contribution >= 0.6 is 23.2 Å². The van der Waals surface area contributed by atoms with Crippen molar-refractivity contribution in [1.82, 2.24) is 9.80 Å². The highest BCUT2D eigenvalue weighted by Gasteiger charge is 2.71. The number of carbonyl (C=O) groups is 1. The highest BCUT2D eigenvalue weighted by Crippen LogP contribution is 2.61. The number of nitrogens with zero attached hydrogens (tertiary/aromatic N) is 3. The van der Waals surface area contributed by atoms with E-state index in [2.05, 4.69) is 43.0 Å². The number of nitriles is 1. The van der Waals surface area contributed by atoms with Crippen molar-refractivity contribution in [2.45, 2.75) is 76.2 Å². The van der Waals surface area contributed by atoms with Crippen molar-refractivity contribution in [3.8, 4) is 6.07 Å². The maximum atomic E-state index is 16.1. The first-order chi connectivity index (χ1) is 21.8. The van der Waals surface area contributed by atoms with Gasteiger partial charge in [0.25, 0.3) is 0 Å². The largest absolute Gasteiger partial charge is 0.443 e. The molecule has 3 aromatic carbocycles. The Hall–Kier alpha value is -3.28. The van der Waals surface area contributed by atoms with E-state index >= 15 is 8.78 Å². The van der Waals surface area contributed by atoms with E-state index in [9.17, 15) is 10.1 Å². The standard InChI is InChI=1S/C37H37Cl2F2N3O2/c1-35(2,24-15-17-43(18-16-24)21-23-9-6-5-7-10-23)20-30-37(22-42,27-14-13-25(38)19-29(27)40)31(26-11-8-12-28(39)32(26)41)33-34(45)46-36(3,4)44(30)33/h5-15,19,30-31,33H,16-18,20-21H2,1-4H3/t30-,31-,33+,37-/m0/s1. The molecule has 0 bridgehead atoms. The third-order valence-corrected chi connectivity index (χ3v) is 10.7. The Bertz CT molecular complexity index is 1740. The lowest BCUT2D eigenvalue weighted by Crippen LogP contribution is -2.53. The van der Waals surface area contributed by atoms with Gasteiger partial charge < -0.3 is 4.74 Å². The molecular weight excluding hydrogens is 627 g/mol. The number of benzene rings is 3. The van der Waals surface area contributed by atoms with E-state index in [1.807, 2.05) is 23.1 Å². The second-order valence-corrected chi connectivity index (χ2v) is 14.6. The van der Waals surface area contributed by atoms with E-state index in [-0.39, 0.29) is 21.2 Å². The lowest BCUT2D eigenvalue weighted by molar-refractivity contribution is -0.152. The highest BCUT2D eigenvalue weighted by atomic mass is 35.5. The Labute approximate surface area is 279 Å². The number of rotatable bonds is 7. The van der Waals surface area contributed by atoms with Crippen LogP contribution in [0.2, 0.25) is 10.0 Å². The summed E-state index contributed by atoms with van der Waals surface area (Å²) in [6.45, 7) is 10.3. The third kappa shape index (κ3) is 5.44. The first-order valence-electron chi connectivity index (χ1n) is 15.6. The second-order valence-electron chi connectivity index (χ2n) is 13.7. The predicted molar refractivity (Wildman–Crippen MR) is 175 cm³/mol. The number of fused-ring (bicyclic) bond motifs is 1. The van der Waals surface area contributed by atoms with Crippen LogP contribution in [0.3, 0.4) is 0 Å². The first-order valence-corrected chi connectivity index (χ1v) is 16.3. The summed E-state index contributed by atoms with van der Waals surface area (Å²) in [6.07, 6.45) is 3.44. The molecule has 5 nitrogen and oxygen atoms in total. The van der Waals surface area contributed by atoms with Gasteiger partial charge in [-0.25, -0.2) is 13.7 Å². The number of cyclic esters (lactones) is 1. The summed E-state index contributed by atoms with van der Waals surface area (Å²) >= 11 is 12.5. The van der Waals surface area contributed by atoms with Crippen LogP contribution in [0.1, 0.15) is 63.1 Å². The molecule has 3 aliphatic rings. The molecular formula is C37H37Cl2F2N3O2. The summed E-state index contributed by atoms with van der Waals surface area (Å²) in [5.74, 6) is -3.14. The minimum atomic E-state index is -1.70. The Morgan fingerprint density at radius 1 is 1.07 bits per heavy atom. The van der Waals surface area contributed by atoms with Gasteiger partial charge in [0.15, 0.2) is 5.72 Å². The van der Waals surface area contributed by atoms with E-state index in [4.69, 9.17) is 27.9 Å². The fraction of sp³-hybridized carbons (Fsp3) is 0.405. The van der Waals surface area contributed by atoms with Crippen molar-refractivity contribution in [2.75, 3.05) is 13.1 Å². The van der Waals surface area contributed by atoms with E-state index in [0.29, 0.717) is 6.42 Å². The van der Waals surface area contributed by atoms with Gasteiger partial charge >= 0.3 is 5.97 Å². The summed E-state index contributed by atoms with van der Waals surface area (Å²) in [7, 11) is 0. The number of carbonyl (C=O) groups excluding carboxylic acids is 1. The zero-order chi connectivity index (χ0) is 33.0. The average Bonchev–Trinajstić information content (AvgIpc) is 3.43. The lowest BCUT2D eigenvalue weighted by atomic mass is 9.61. The Morgan fingerprint density at radius 2 is 1.80 bits per heavy atom. The molecule has 46 heavy (non-hydrogen) atoms. The summed E-state index contributed by atoms with van der Waals surface area (Å²) in [4.78, 5) is 18.0. The molecule has 2 saturated heterocycles. The van der Waals surface area contributed by atoms with Gasteiger partial charge in [-0.3, -0.25) is 9.69 Å². The van der Waals surface area contributed by atoms with Crippen LogP contribution in [0.15, 0.2) is 78.4 Å². The molecule has 3 aliphatic heterocycles. The van der Waals surface area contributed by atoms with Gasteiger partial charge in [0.05, 0.1) is 11.1 Å². The van der Waals surface area contributed by atoms with Crippen LogP contribution < -0.4 is 0 Å². The van der Waals surface area contributed by atoms with Crippen molar-refractivity contribution in [3.05, 3.63) is 117 Å². The van der Waals surface area contributed by atoms with Crippen molar-refractivity contribution in [1.29, 1.82) is 5.26 Å². The lowest BCUT2D eigenvalue weighted by Gasteiger charge is -2.44. The highest BCUT2D eigenvalue weighted by molar-refractivity contribution is 6.31. The van der Waals surface area contributed by atoms with Crippen molar-refractivity contribution < 1.29 is 18.3 Å². The number of ether oxygens (including phenoxy) is 1. The summed E-state index contributed by atoms with van der Waals surface area (Å²) in [5, 5.41) is 11.3. The molecule has 4 atom stereocenters. The molecule has 3 aromatic rings. The monoisotopic (exact) mass is 663 g/mol. The molecule has 0 saturated carbocycles. The molecule has 0 radical (unpaired) electrons. The Morgan fingerprint density at radius 3 is 2.46 bits per heavy atom. The van der Waals surface area contributed by atoms with Gasteiger partial charge in [-0.2, -0.15) is 5.26 Å². The van der Waals surface area contributed by atoms with Crippen LogP contribution in [0.5, 0.6) is 0 Å². The van der Waals surface area contributed by atoms with Crippen LogP contribution in [0.25, 0.3) is 0 Å². The third-order valence-electron chi connectivity index (χ3n) is 10.2. The minimum Gasteiger partial charge on any atom is -0.443 e. The van der Waals surface area contributed by atoms with E-state index < -0.39 is 52.2 Å². The molecule has 0 unspecified atom stereocenters. The first kappa shape index (κ1) is 32.7. The van der Waals surface area contributed by atoms with Gasteiger partial charge in [-0.15, -0.1) is 0 Å². The van der Waals surface area contributed by atoms with Crippen LogP contribution in [-0.4, -0.2) is 46.7 Å². The Kier molecular flexibility index (Phi) is 8.56. The topological polar surface area (TPSA) is 56.6 Å². The normalized spacial score (nSPS) is 26.4. The zero-order valence-electron chi connectivity index (χ0n) is 26.4. The maximum absolute atomic E-state index is 16.1. The molecule has 9 heteroatoms. The second kappa shape index (κ2) is 12.1. The Balaban J connectivity index is 1.47.